The molecule has 0 radical (unpaired) electrons. The number of carboxylic acid groups (broad SMARTS) is 1. The van der Waals surface area contributed by atoms with Gasteiger partial charge in [0.25, 0.3) is 0 Å². The first-order valence-electron chi connectivity index (χ1n) is 8.16. The molecule has 2 aromatic rings. The molecule has 2 heterocycles. The highest BCUT2D eigenvalue weighted by molar-refractivity contribution is 5.80. The van der Waals surface area contributed by atoms with Crippen molar-refractivity contribution in [2.75, 3.05) is 6.54 Å². The van der Waals surface area contributed by atoms with Gasteiger partial charge in [-0.25, -0.2) is 9.37 Å². The molecule has 0 aliphatic carbocycles. The quantitative estimate of drug-likeness (QED) is 0.863. The maximum atomic E-state index is 13.2. The van der Waals surface area contributed by atoms with Crippen molar-refractivity contribution >= 4 is 11.9 Å². The Hall–Kier alpha value is -2.77. The molecule has 0 bridgehead atoms. The smallest absolute Gasteiger partial charge is 0.309 e. The molecule has 1 saturated heterocycles. The second-order valence-corrected chi connectivity index (χ2v) is 6.08. The molecule has 3 rings (SSSR count). The Labute approximate surface area is 144 Å². The molecule has 1 amide bonds. The number of carbonyl (C=O) groups excluding carboxylic acids is 1. The number of rotatable bonds is 6. The Bertz CT molecular complexity index is 733. The van der Waals surface area contributed by atoms with Crippen LogP contribution in [0, 0.1) is 11.7 Å². The van der Waals surface area contributed by atoms with Crippen LogP contribution in [0.4, 0.5) is 4.39 Å². The summed E-state index contributed by atoms with van der Waals surface area (Å²) in [5.74, 6) is -2.10. The number of halogens is 1. The molecular formula is C17H19FN4O3. The van der Waals surface area contributed by atoms with Gasteiger partial charge in [0.1, 0.15) is 18.5 Å². The topological polar surface area (TPSA) is 88.3 Å². The molecule has 1 aliphatic rings. The van der Waals surface area contributed by atoms with Gasteiger partial charge in [0.15, 0.2) is 0 Å². The van der Waals surface area contributed by atoms with Gasteiger partial charge >= 0.3 is 5.97 Å². The highest BCUT2D eigenvalue weighted by Crippen LogP contribution is 2.38. The number of amides is 1. The number of hydrogen-bond acceptors (Lipinski definition) is 4. The Kier molecular flexibility index (Phi) is 5.06. The number of carbonyl (C=O) groups is 2. The normalized spacial score (nSPS) is 20.0. The minimum Gasteiger partial charge on any atom is -0.481 e. The van der Waals surface area contributed by atoms with E-state index >= 15 is 0 Å². The predicted octanol–water partition coefficient (Wildman–Crippen LogP) is 1.87. The van der Waals surface area contributed by atoms with Crippen LogP contribution in [0.25, 0.3) is 0 Å². The number of aliphatic carboxylic acids is 1. The number of aromatic nitrogens is 3. The van der Waals surface area contributed by atoms with Gasteiger partial charge < -0.3 is 10.0 Å². The lowest BCUT2D eigenvalue weighted by atomic mass is 9.93. The summed E-state index contributed by atoms with van der Waals surface area (Å²) in [5, 5.41) is 13.5. The molecule has 1 N–H and O–H groups in total. The van der Waals surface area contributed by atoms with Crippen LogP contribution in [0.15, 0.2) is 36.9 Å². The van der Waals surface area contributed by atoms with E-state index in [-0.39, 0.29) is 11.7 Å². The average Bonchev–Trinajstić information content (AvgIpc) is 3.24. The zero-order chi connectivity index (χ0) is 17.8. The van der Waals surface area contributed by atoms with Crippen LogP contribution >= 0.6 is 0 Å². The largest absolute Gasteiger partial charge is 0.481 e. The van der Waals surface area contributed by atoms with Gasteiger partial charge in [-0.1, -0.05) is 12.1 Å². The van der Waals surface area contributed by atoms with Crippen LogP contribution in [0.5, 0.6) is 0 Å². The van der Waals surface area contributed by atoms with Crippen molar-refractivity contribution in [3.05, 3.63) is 48.3 Å². The van der Waals surface area contributed by atoms with Gasteiger partial charge in [0, 0.05) is 19.5 Å². The minimum atomic E-state index is -0.938. The maximum absolute atomic E-state index is 13.2. The predicted molar refractivity (Wildman–Crippen MR) is 85.9 cm³/mol. The second kappa shape index (κ2) is 7.42. The number of carboxylic acids is 1. The molecule has 1 aromatic carbocycles. The highest BCUT2D eigenvalue weighted by Gasteiger charge is 2.41. The fraction of sp³-hybridized carbons (Fsp3) is 0.412. The maximum Gasteiger partial charge on any atom is 0.309 e. The standard InChI is InChI=1S/C17H19FN4O3/c18-13-5-3-12(4-6-13)16-14(17(24)25)7-9-22(16)15(23)2-1-8-21-11-19-10-20-21/h3-6,10-11,14,16H,1-2,7-9H2,(H,24,25)/t14-,16-/m1/s1. The van der Waals surface area contributed by atoms with Crippen molar-refractivity contribution in [3.63, 3.8) is 0 Å². The lowest BCUT2D eigenvalue weighted by molar-refractivity contribution is -0.143. The van der Waals surface area contributed by atoms with Gasteiger partial charge in [0.05, 0.1) is 12.0 Å². The Balaban J connectivity index is 1.70. The molecule has 0 unspecified atom stereocenters. The fourth-order valence-electron chi connectivity index (χ4n) is 3.29. The third-order valence-corrected chi connectivity index (χ3v) is 4.49. The van der Waals surface area contributed by atoms with Gasteiger partial charge in [-0.3, -0.25) is 14.3 Å². The van der Waals surface area contributed by atoms with E-state index in [0.717, 1.165) is 0 Å². The zero-order valence-corrected chi connectivity index (χ0v) is 13.6. The Morgan fingerprint density at radius 3 is 2.68 bits per heavy atom. The van der Waals surface area contributed by atoms with E-state index in [9.17, 15) is 19.1 Å². The molecule has 8 heteroatoms. The van der Waals surface area contributed by atoms with E-state index in [4.69, 9.17) is 0 Å². The van der Waals surface area contributed by atoms with Crippen molar-refractivity contribution in [1.29, 1.82) is 0 Å². The number of likely N-dealkylation sites (tertiary alicyclic amines) is 1. The van der Waals surface area contributed by atoms with E-state index in [1.807, 2.05) is 0 Å². The van der Waals surface area contributed by atoms with Crippen molar-refractivity contribution in [2.24, 2.45) is 5.92 Å². The van der Waals surface area contributed by atoms with Gasteiger partial charge in [-0.15, -0.1) is 0 Å². The third kappa shape index (κ3) is 3.84. The van der Waals surface area contributed by atoms with E-state index in [2.05, 4.69) is 10.1 Å². The van der Waals surface area contributed by atoms with Crippen molar-refractivity contribution in [1.82, 2.24) is 19.7 Å². The highest BCUT2D eigenvalue weighted by atomic mass is 19.1. The monoisotopic (exact) mass is 346 g/mol. The molecular weight excluding hydrogens is 327 g/mol. The summed E-state index contributed by atoms with van der Waals surface area (Å²) in [4.78, 5) is 29.6. The molecule has 1 aliphatic heterocycles. The van der Waals surface area contributed by atoms with Crippen molar-refractivity contribution < 1.29 is 19.1 Å². The van der Waals surface area contributed by atoms with Crippen LogP contribution in [-0.4, -0.2) is 43.2 Å². The van der Waals surface area contributed by atoms with Crippen molar-refractivity contribution in [3.8, 4) is 0 Å². The molecule has 2 atom stereocenters. The van der Waals surface area contributed by atoms with Crippen LogP contribution in [0.2, 0.25) is 0 Å². The molecule has 1 fully saturated rings. The first-order valence-corrected chi connectivity index (χ1v) is 8.16. The molecule has 132 valence electrons. The number of nitrogens with zero attached hydrogens (tertiary/aromatic N) is 4. The van der Waals surface area contributed by atoms with E-state index in [1.54, 1.807) is 28.0 Å². The fourth-order valence-corrected chi connectivity index (χ4v) is 3.29. The summed E-state index contributed by atoms with van der Waals surface area (Å²) >= 11 is 0. The van der Waals surface area contributed by atoms with E-state index in [0.29, 0.717) is 37.9 Å². The number of hydrogen-bond donors (Lipinski definition) is 1. The number of aryl methyl sites for hydroxylation is 1. The van der Waals surface area contributed by atoms with Crippen LogP contribution in [0.1, 0.15) is 30.9 Å². The second-order valence-electron chi connectivity index (χ2n) is 6.08. The summed E-state index contributed by atoms with van der Waals surface area (Å²) in [6.07, 6.45) is 4.30. The first-order chi connectivity index (χ1) is 12.1. The summed E-state index contributed by atoms with van der Waals surface area (Å²) in [7, 11) is 0. The molecule has 0 spiro atoms. The van der Waals surface area contributed by atoms with Crippen LogP contribution in [-0.2, 0) is 16.1 Å². The lowest BCUT2D eigenvalue weighted by Crippen LogP contribution is -2.33. The molecule has 7 nitrogen and oxygen atoms in total. The molecule has 0 saturated carbocycles. The van der Waals surface area contributed by atoms with Gasteiger partial charge in [-0.05, 0) is 30.5 Å². The molecule has 1 aromatic heterocycles. The van der Waals surface area contributed by atoms with E-state index < -0.39 is 17.9 Å². The average molecular weight is 346 g/mol. The van der Waals surface area contributed by atoms with Gasteiger partial charge in [-0.2, -0.15) is 5.10 Å². The third-order valence-electron chi connectivity index (χ3n) is 4.49. The van der Waals surface area contributed by atoms with Gasteiger partial charge in [0.2, 0.25) is 5.91 Å². The number of benzene rings is 1. The minimum absolute atomic E-state index is 0.0989. The summed E-state index contributed by atoms with van der Waals surface area (Å²) < 4.78 is 14.8. The van der Waals surface area contributed by atoms with Crippen molar-refractivity contribution in [2.45, 2.75) is 31.8 Å². The summed E-state index contributed by atoms with van der Waals surface area (Å²) in [6, 6.07) is 5.13. The Morgan fingerprint density at radius 1 is 1.28 bits per heavy atom. The zero-order valence-electron chi connectivity index (χ0n) is 13.6. The summed E-state index contributed by atoms with van der Waals surface area (Å²) in [6.45, 7) is 0.963. The van der Waals surface area contributed by atoms with E-state index in [1.165, 1.54) is 18.5 Å². The first kappa shape index (κ1) is 17.1. The van der Waals surface area contributed by atoms with Crippen LogP contribution in [0.3, 0.4) is 0 Å². The molecule has 25 heavy (non-hydrogen) atoms. The van der Waals surface area contributed by atoms with Crippen LogP contribution < -0.4 is 0 Å². The summed E-state index contributed by atoms with van der Waals surface area (Å²) in [5.41, 5.74) is 0.649. The SMILES string of the molecule is O=C(O)[C@@H]1CCN(C(=O)CCCn2cncn2)[C@@H]1c1ccc(F)cc1. The Morgan fingerprint density at radius 2 is 2.04 bits per heavy atom. The lowest BCUT2D eigenvalue weighted by Gasteiger charge is -2.27.